The third-order valence-corrected chi connectivity index (χ3v) is 2.32. The van der Waals surface area contributed by atoms with E-state index in [0.717, 1.165) is 32.6 Å². The Morgan fingerprint density at radius 3 is 3.08 bits per heavy atom. The smallest absolute Gasteiger partial charge is 0.0985 e. The molecule has 1 aromatic heterocycles. The van der Waals surface area contributed by atoms with Crippen LogP contribution < -0.4 is 5.73 Å². The van der Waals surface area contributed by atoms with Gasteiger partial charge in [0.15, 0.2) is 0 Å². The Hall–Kier alpha value is -0.870. The summed E-state index contributed by atoms with van der Waals surface area (Å²) in [5, 5.41) is 4.29. The Labute approximate surface area is 77.7 Å². The molecule has 0 bridgehead atoms. The molecule has 0 amide bonds. The van der Waals surface area contributed by atoms with Gasteiger partial charge < -0.3 is 10.5 Å². The van der Waals surface area contributed by atoms with Crippen molar-refractivity contribution in [2.45, 2.75) is 18.9 Å². The van der Waals surface area contributed by atoms with Crippen LogP contribution in [0.4, 0.5) is 0 Å². The second-order valence-corrected chi connectivity index (χ2v) is 3.41. The summed E-state index contributed by atoms with van der Waals surface area (Å²) in [6.07, 6.45) is 6.09. The summed E-state index contributed by atoms with van der Waals surface area (Å²) < 4.78 is 7.09. The maximum absolute atomic E-state index is 5.43. The number of aromatic nitrogens is 2. The Kier molecular flexibility index (Phi) is 2.61. The van der Waals surface area contributed by atoms with Crippen LogP contribution in [0.2, 0.25) is 0 Å². The lowest BCUT2D eigenvalue weighted by Crippen LogP contribution is -2.30. The summed E-state index contributed by atoms with van der Waals surface area (Å²) in [7, 11) is 0. The molecule has 0 unspecified atom stereocenters. The van der Waals surface area contributed by atoms with Gasteiger partial charge in [-0.25, -0.2) is 0 Å². The van der Waals surface area contributed by atoms with Crippen molar-refractivity contribution in [1.29, 1.82) is 0 Å². The zero-order valence-corrected chi connectivity index (χ0v) is 7.65. The van der Waals surface area contributed by atoms with E-state index in [1.807, 2.05) is 10.9 Å². The van der Waals surface area contributed by atoms with Gasteiger partial charge in [-0.05, 0) is 24.9 Å². The fourth-order valence-electron chi connectivity index (χ4n) is 1.39. The van der Waals surface area contributed by atoms with Gasteiger partial charge >= 0.3 is 0 Å². The molecule has 0 aromatic carbocycles. The molecule has 13 heavy (non-hydrogen) atoms. The van der Waals surface area contributed by atoms with E-state index in [0.29, 0.717) is 6.04 Å². The van der Waals surface area contributed by atoms with Gasteiger partial charge in [0.05, 0.1) is 25.5 Å². The number of nitrogens with zero attached hydrogens (tertiary/aromatic N) is 2. The van der Waals surface area contributed by atoms with Crippen molar-refractivity contribution in [3.63, 3.8) is 0 Å². The third kappa shape index (κ3) is 1.89. The molecular weight excluding hydrogens is 166 g/mol. The maximum atomic E-state index is 5.43. The minimum Gasteiger partial charge on any atom is -0.377 e. The first-order valence-electron chi connectivity index (χ1n) is 4.71. The normalized spacial score (nSPS) is 17.3. The highest BCUT2D eigenvalue weighted by molar-refractivity contribution is 5.05. The molecule has 1 aliphatic rings. The zero-order chi connectivity index (χ0) is 9.10. The molecule has 0 saturated carbocycles. The highest BCUT2D eigenvalue weighted by atomic mass is 16.5. The van der Waals surface area contributed by atoms with Crippen LogP contribution in [0.3, 0.4) is 0 Å². The molecule has 0 spiro atoms. The molecule has 1 fully saturated rings. The summed E-state index contributed by atoms with van der Waals surface area (Å²) >= 11 is 0. The Morgan fingerprint density at radius 1 is 1.62 bits per heavy atom. The summed E-state index contributed by atoms with van der Waals surface area (Å²) in [4.78, 5) is 0. The molecule has 2 heterocycles. The lowest BCUT2D eigenvalue weighted by molar-refractivity contribution is -0.0286. The number of rotatable bonds is 4. The SMILES string of the molecule is NCCCc1cnn(C2COC2)c1. The molecule has 1 aliphatic heterocycles. The van der Waals surface area contributed by atoms with Crippen LogP contribution in [-0.4, -0.2) is 29.5 Å². The third-order valence-electron chi connectivity index (χ3n) is 2.32. The molecule has 1 aromatic rings. The van der Waals surface area contributed by atoms with Gasteiger partial charge in [-0.3, -0.25) is 4.68 Å². The fourth-order valence-corrected chi connectivity index (χ4v) is 1.39. The molecule has 2 N–H and O–H groups in total. The minimum atomic E-state index is 0.464. The number of aryl methyl sites for hydroxylation is 1. The first kappa shape index (κ1) is 8.72. The molecular formula is C9H15N3O. The van der Waals surface area contributed by atoms with E-state index in [2.05, 4.69) is 11.3 Å². The standard InChI is InChI=1S/C9H15N3O/c10-3-1-2-8-4-11-12(5-8)9-6-13-7-9/h4-5,9H,1-3,6-7,10H2. The molecule has 4 heteroatoms. The van der Waals surface area contributed by atoms with Gasteiger partial charge in [-0.2, -0.15) is 5.10 Å². The van der Waals surface area contributed by atoms with Crippen LogP contribution >= 0.6 is 0 Å². The van der Waals surface area contributed by atoms with Crippen molar-refractivity contribution in [2.75, 3.05) is 19.8 Å². The van der Waals surface area contributed by atoms with Gasteiger partial charge in [-0.15, -0.1) is 0 Å². The first-order chi connectivity index (χ1) is 6.40. The highest BCUT2D eigenvalue weighted by Crippen LogP contribution is 2.16. The topological polar surface area (TPSA) is 53.1 Å². The second-order valence-electron chi connectivity index (χ2n) is 3.41. The Morgan fingerprint density at radius 2 is 2.46 bits per heavy atom. The molecule has 72 valence electrons. The lowest BCUT2D eigenvalue weighted by atomic mass is 10.2. The summed E-state index contributed by atoms with van der Waals surface area (Å²) in [5.41, 5.74) is 6.71. The van der Waals surface area contributed by atoms with Crippen LogP contribution in [0.1, 0.15) is 18.0 Å². The second kappa shape index (κ2) is 3.89. The quantitative estimate of drug-likeness (QED) is 0.729. The van der Waals surface area contributed by atoms with Crippen LogP contribution in [0.5, 0.6) is 0 Å². The summed E-state index contributed by atoms with van der Waals surface area (Å²) in [5.74, 6) is 0. The van der Waals surface area contributed by atoms with Crippen LogP contribution in [0.25, 0.3) is 0 Å². The van der Waals surface area contributed by atoms with E-state index < -0.39 is 0 Å². The lowest BCUT2D eigenvalue weighted by Gasteiger charge is -2.25. The van der Waals surface area contributed by atoms with Gasteiger partial charge in [-0.1, -0.05) is 0 Å². The first-order valence-corrected chi connectivity index (χ1v) is 4.71. The predicted octanol–water partition coefficient (Wildman–Crippen LogP) is 0.346. The molecule has 2 rings (SSSR count). The Bertz CT molecular complexity index is 268. The van der Waals surface area contributed by atoms with Crippen molar-refractivity contribution in [1.82, 2.24) is 9.78 Å². The zero-order valence-electron chi connectivity index (χ0n) is 7.65. The highest BCUT2D eigenvalue weighted by Gasteiger charge is 2.20. The van der Waals surface area contributed by atoms with E-state index >= 15 is 0 Å². The van der Waals surface area contributed by atoms with Crippen LogP contribution in [-0.2, 0) is 11.2 Å². The minimum absolute atomic E-state index is 0.464. The van der Waals surface area contributed by atoms with E-state index in [-0.39, 0.29) is 0 Å². The molecule has 4 nitrogen and oxygen atoms in total. The van der Waals surface area contributed by atoms with Gasteiger partial charge in [0.2, 0.25) is 0 Å². The van der Waals surface area contributed by atoms with Gasteiger partial charge in [0.25, 0.3) is 0 Å². The maximum Gasteiger partial charge on any atom is 0.0985 e. The average molecular weight is 181 g/mol. The average Bonchev–Trinajstić information content (AvgIpc) is 2.46. The van der Waals surface area contributed by atoms with Crippen molar-refractivity contribution >= 4 is 0 Å². The number of nitrogens with two attached hydrogens (primary N) is 1. The van der Waals surface area contributed by atoms with E-state index in [4.69, 9.17) is 10.5 Å². The number of ether oxygens (including phenoxy) is 1. The predicted molar refractivity (Wildman–Crippen MR) is 49.5 cm³/mol. The van der Waals surface area contributed by atoms with Crippen molar-refractivity contribution in [3.8, 4) is 0 Å². The van der Waals surface area contributed by atoms with Crippen molar-refractivity contribution < 1.29 is 4.74 Å². The van der Waals surface area contributed by atoms with Crippen molar-refractivity contribution in [3.05, 3.63) is 18.0 Å². The molecule has 0 radical (unpaired) electrons. The molecule has 1 saturated heterocycles. The molecule has 0 aliphatic carbocycles. The monoisotopic (exact) mass is 181 g/mol. The fraction of sp³-hybridized carbons (Fsp3) is 0.667. The van der Waals surface area contributed by atoms with E-state index in [1.165, 1.54) is 5.56 Å². The van der Waals surface area contributed by atoms with E-state index in [1.54, 1.807) is 0 Å². The van der Waals surface area contributed by atoms with Crippen LogP contribution in [0.15, 0.2) is 12.4 Å². The van der Waals surface area contributed by atoms with Gasteiger partial charge in [0.1, 0.15) is 0 Å². The molecule has 0 atom stereocenters. The number of hydrogen-bond donors (Lipinski definition) is 1. The largest absolute Gasteiger partial charge is 0.377 e. The van der Waals surface area contributed by atoms with E-state index in [9.17, 15) is 0 Å². The van der Waals surface area contributed by atoms with Crippen LogP contribution in [0, 0.1) is 0 Å². The Balaban J connectivity index is 1.92. The van der Waals surface area contributed by atoms with Crippen molar-refractivity contribution in [2.24, 2.45) is 5.73 Å². The summed E-state index contributed by atoms with van der Waals surface area (Å²) in [6.45, 7) is 2.35. The summed E-state index contributed by atoms with van der Waals surface area (Å²) in [6, 6.07) is 0.464. The number of hydrogen-bond acceptors (Lipinski definition) is 3. The van der Waals surface area contributed by atoms with Gasteiger partial charge in [0, 0.05) is 6.20 Å².